The number of esters is 1. The lowest BCUT2D eigenvalue weighted by molar-refractivity contribution is 0.0472. The Morgan fingerprint density at radius 3 is 2.62 bits per heavy atom. The molecule has 104 valence electrons. The molecule has 5 nitrogen and oxygen atoms in total. The first-order chi connectivity index (χ1) is 10.2. The molecule has 0 atom stereocenters. The van der Waals surface area contributed by atoms with Crippen molar-refractivity contribution in [2.75, 3.05) is 0 Å². The number of rotatable bonds is 5. The summed E-state index contributed by atoms with van der Waals surface area (Å²) in [6, 6.07) is 13.8. The second-order valence-corrected chi connectivity index (χ2v) is 4.22. The van der Waals surface area contributed by atoms with Gasteiger partial charge in [0.15, 0.2) is 0 Å². The van der Waals surface area contributed by atoms with Crippen LogP contribution in [0, 0.1) is 0 Å². The van der Waals surface area contributed by atoms with E-state index in [-0.39, 0.29) is 6.61 Å². The van der Waals surface area contributed by atoms with E-state index in [9.17, 15) is 4.79 Å². The van der Waals surface area contributed by atoms with Crippen LogP contribution in [0.25, 0.3) is 16.5 Å². The average molecular weight is 279 g/mol. The number of carbonyl (C=O) groups excluding carboxylic acids is 1. The largest absolute Gasteiger partial charge is 0.457 e. The number of hydrogen-bond acceptors (Lipinski definition) is 3. The van der Waals surface area contributed by atoms with E-state index in [1.807, 2.05) is 24.3 Å². The van der Waals surface area contributed by atoms with Gasteiger partial charge in [0.05, 0.1) is 5.56 Å². The molecule has 0 bridgehead atoms. The van der Waals surface area contributed by atoms with Crippen LogP contribution in [0.5, 0.6) is 0 Å². The van der Waals surface area contributed by atoms with Crippen LogP contribution in [0.3, 0.4) is 0 Å². The van der Waals surface area contributed by atoms with Crippen molar-refractivity contribution in [1.29, 1.82) is 0 Å². The third kappa shape index (κ3) is 3.72. The van der Waals surface area contributed by atoms with E-state index in [1.54, 1.807) is 30.3 Å². The summed E-state index contributed by atoms with van der Waals surface area (Å²) in [5.74, 6) is -0.429. The van der Waals surface area contributed by atoms with Crippen molar-refractivity contribution in [1.82, 2.24) is 0 Å². The Balaban J connectivity index is 2.04. The minimum absolute atomic E-state index is 0.180. The Hall–Kier alpha value is -3.04. The van der Waals surface area contributed by atoms with Crippen molar-refractivity contribution < 1.29 is 9.53 Å². The summed E-state index contributed by atoms with van der Waals surface area (Å²) >= 11 is 0. The summed E-state index contributed by atoms with van der Waals surface area (Å²) in [7, 11) is 0. The molecular formula is C16H13N3O2. The molecule has 0 aromatic heterocycles. The fourth-order valence-electron chi connectivity index (χ4n) is 1.81. The summed E-state index contributed by atoms with van der Waals surface area (Å²) in [5.41, 5.74) is 11.0. The monoisotopic (exact) mass is 279 g/mol. The highest BCUT2D eigenvalue weighted by Crippen LogP contribution is 2.15. The van der Waals surface area contributed by atoms with E-state index in [0.717, 1.165) is 11.1 Å². The first kappa shape index (κ1) is 14.4. The van der Waals surface area contributed by atoms with Crippen molar-refractivity contribution in [3.8, 4) is 0 Å². The summed E-state index contributed by atoms with van der Waals surface area (Å²) < 4.78 is 5.27. The molecule has 0 aliphatic heterocycles. The highest BCUT2D eigenvalue weighted by molar-refractivity contribution is 5.89. The molecule has 2 rings (SSSR count). The van der Waals surface area contributed by atoms with Crippen molar-refractivity contribution >= 4 is 17.7 Å². The summed E-state index contributed by atoms with van der Waals surface area (Å²) in [5, 5.41) is 3.44. The smallest absolute Gasteiger partial charge is 0.338 e. The van der Waals surface area contributed by atoms with Gasteiger partial charge in [0.2, 0.25) is 0 Å². The maximum atomic E-state index is 11.9. The standard InChI is InChI=1S/C16H13N3O2/c1-2-12-5-3-4-6-14(12)11-21-16(20)13-7-9-15(10-8-13)18-19-17/h2-10H,1,11H2. The molecule has 0 aliphatic carbocycles. The Morgan fingerprint density at radius 2 is 1.95 bits per heavy atom. The molecule has 0 N–H and O–H groups in total. The first-order valence-corrected chi connectivity index (χ1v) is 6.27. The van der Waals surface area contributed by atoms with Gasteiger partial charge in [-0.15, -0.1) is 0 Å². The highest BCUT2D eigenvalue weighted by atomic mass is 16.5. The fraction of sp³-hybridized carbons (Fsp3) is 0.0625. The van der Waals surface area contributed by atoms with Crippen molar-refractivity contribution in [2.24, 2.45) is 5.11 Å². The number of hydrogen-bond donors (Lipinski definition) is 0. The molecule has 0 aliphatic rings. The van der Waals surface area contributed by atoms with E-state index in [2.05, 4.69) is 16.6 Å². The summed E-state index contributed by atoms with van der Waals surface area (Å²) in [6.45, 7) is 3.90. The van der Waals surface area contributed by atoms with E-state index in [1.165, 1.54) is 0 Å². The molecule has 2 aromatic carbocycles. The van der Waals surface area contributed by atoms with Gasteiger partial charge in [-0.05, 0) is 28.8 Å². The van der Waals surface area contributed by atoms with Crippen LogP contribution in [-0.4, -0.2) is 5.97 Å². The topological polar surface area (TPSA) is 75.1 Å². The first-order valence-electron chi connectivity index (χ1n) is 6.27. The Morgan fingerprint density at radius 1 is 1.24 bits per heavy atom. The molecule has 0 radical (unpaired) electrons. The predicted molar refractivity (Wildman–Crippen MR) is 80.9 cm³/mol. The van der Waals surface area contributed by atoms with Crippen molar-refractivity contribution in [2.45, 2.75) is 6.61 Å². The van der Waals surface area contributed by atoms with Crippen LogP contribution in [0.15, 0.2) is 60.2 Å². The Kier molecular flexibility index (Phi) is 4.75. The van der Waals surface area contributed by atoms with Crippen LogP contribution >= 0.6 is 0 Å². The maximum Gasteiger partial charge on any atom is 0.338 e. The van der Waals surface area contributed by atoms with Crippen LogP contribution in [0.4, 0.5) is 5.69 Å². The number of azide groups is 1. The quantitative estimate of drug-likeness (QED) is 0.346. The van der Waals surface area contributed by atoms with Gasteiger partial charge in [0.1, 0.15) is 6.61 Å². The molecule has 0 fully saturated rings. The van der Waals surface area contributed by atoms with Crippen LogP contribution in [-0.2, 0) is 11.3 Å². The SMILES string of the molecule is C=Cc1ccccc1COC(=O)c1ccc(N=[N+]=[N-])cc1. The zero-order valence-electron chi connectivity index (χ0n) is 11.3. The van der Waals surface area contributed by atoms with E-state index in [0.29, 0.717) is 11.3 Å². The lowest BCUT2D eigenvalue weighted by Crippen LogP contribution is -2.05. The molecule has 0 unspecified atom stereocenters. The molecule has 0 spiro atoms. The van der Waals surface area contributed by atoms with Gasteiger partial charge >= 0.3 is 5.97 Å². The lowest BCUT2D eigenvalue weighted by atomic mass is 10.1. The van der Waals surface area contributed by atoms with E-state index in [4.69, 9.17) is 10.3 Å². The molecule has 2 aromatic rings. The molecule has 0 saturated carbocycles. The molecule has 0 saturated heterocycles. The number of carbonyl (C=O) groups is 1. The van der Waals surface area contributed by atoms with E-state index >= 15 is 0 Å². The van der Waals surface area contributed by atoms with Crippen LogP contribution in [0.1, 0.15) is 21.5 Å². The minimum Gasteiger partial charge on any atom is -0.457 e. The molecule has 0 heterocycles. The summed E-state index contributed by atoms with van der Waals surface area (Å²) in [4.78, 5) is 14.6. The second kappa shape index (κ2) is 6.93. The highest BCUT2D eigenvalue weighted by Gasteiger charge is 2.08. The average Bonchev–Trinajstić information content (AvgIpc) is 2.54. The molecule has 21 heavy (non-hydrogen) atoms. The van der Waals surface area contributed by atoms with Gasteiger partial charge < -0.3 is 4.74 Å². The molecular weight excluding hydrogens is 266 g/mol. The van der Waals surface area contributed by atoms with Crippen LogP contribution < -0.4 is 0 Å². The molecule has 0 amide bonds. The van der Waals surface area contributed by atoms with Crippen LogP contribution in [0.2, 0.25) is 0 Å². The minimum atomic E-state index is -0.429. The fourth-order valence-corrected chi connectivity index (χ4v) is 1.81. The predicted octanol–water partition coefficient (Wildman–Crippen LogP) is 4.63. The number of benzene rings is 2. The lowest BCUT2D eigenvalue weighted by Gasteiger charge is -2.07. The van der Waals surface area contributed by atoms with Gasteiger partial charge in [-0.25, -0.2) is 4.79 Å². The number of ether oxygens (including phenoxy) is 1. The van der Waals surface area contributed by atoms with Crippen molar-refractivity contribution in [3.05, 3.63) is 82.2 Å². The number of nitrogens with zero attached hydrogens (tertiary/aromatic N) is 3. The van der Waals surface area contributed by atoms with Gasteiger partial charge in [-0.3, -0.25) is 0 Å². The second-order valence-electron chi connectivity index (χ2n) is 4.22. The Labute approximate surface area is 122 Å². The maximum absolute atomic E-state index is 11.9. The zero-order valence-corrected chi connectivity index (χ0v) is 11.3. The third-order valence-electron chi connectivity index (χ3n) is 2.90. The molecule has 5 heteroatoms. The van der Waals surface area contributed by atoms with Gasteiger partial charge in [-0.1, -0.05) is 54.2 Å². The van der Waals surface area contributed by atoms with Gasteiger partial charge in [0.25, 0.3) is 0 Å². The van der Waals surface area contributed by atoms with E-state index < -0.39 is 5.97 Å². The third-order valence-corrected chi connectivity index (χ3v) is 2.90. The Bertz CT molecular complexity index is 702. The van der Waals surface area contributed by atoms with Gasteiger partial charge in [-0.2, -0.15) is 0 Å². The summed E-state index contributed by atoms with van der Waals surface area (Å²) in [6.07, 6.45) is 1.72. The van der Waals surface area contributed by atoms with Crippen molar-refractivity contribution in [3.63, 3.8) is 0 Å². The zero-order chi connectivity index (χ0) is 15.1. The van der Waals surface area contributed by atoms with Gasteiger partial charge in [0, 0.05) is 10.6 Å². The normalized spacial score (nSPS) is 9.52.